The van der Waals surface area contributed by atoms with Gasteiger partial charge in [-0.3, -0.25) is 0 Å². The van der Waals surface area contributed by atoms with Gasteiger partial charge < -0.3 is 9.84 Å². The average molecular weight is 318 g/mol. The van der Waals surface area contributed by atoms with Crippen LogP contribution in [0.1, 0.15) is 52.5 Å². The Bertz CT molecular complexity index is 507. The largest absolute Gasteiger partial charge is 0.460 e. The van der Waals surface area contributed by atoms with E-state index in [1.165, 1.54) is 6.42 Å². The lowest BCUT2D eigenvalue weighted by molar-refractivity contribution is -0.175. The van der Waals surface area contributed by atoms with Crippen molar-refractivity contribution >= 4 is 5.97 Å². The summed E-state index contributed by atoms with van der Waals surface area (Å²) in [7, 11) is 0. The maximum atomic E-state index is 12.5. The molecule has 128 valence electrons. The van der Waals surface area contributed by atoms with Crippen LogP contribution in [0.25, 0.3) is 0 Å². The fraction of sp³-hybridized carbons (Fsp3) is 0.650. The lowest BCUT2D eigenvalue weighted by Crippen LogP contribution is -2.44. The van der Waals surface area contributed by atoms with E-state index < -0.39 is 11.6 Å². The van der Waals surface area contributed by atoms with E-state index in [0.717, 1.165) is 18.4 Å². The summed E-state index contributed by atoms with van der Waals surface area (Å²) in [5.41, 5.74) is -0.546. The van der Waals surface area contributed by atoms with Gasteiger partial charge >= 0.3 is 5.97 Å². The summed E-state index contributed by atoms with van der Waals surface area (Å²) in [5, 5.41) is 10.6. The molecule has 1 aromatic rings. The third kappa shape index (κ3) is 4.81. The summed E-state index contributed by atoms with van der Waals surface area (Å²) in [5.74, 6) is 0.954. The third-order valence-corrected chi connectivity index (χ3v) is 5.05. The van der Waals surface area contributed by atoms with E-state index in [4.69, 9.17) is 4.74 Å². The molecule has 1 fully saturated rings. The van der Waals surface area contributed by atoms with Gasteiger partial charge in [0.15, 0.2) is 5.60 Å². The van der Waals surface area contributed by atoms with Gasteiger partial charge in [0.25, 0.3) is 0 Å². The first-order valence-corrected chi connectivity index (χ1v) is 8.77. The number of carbonyl (C=O) groups is 1. The molecule has 0 bridgehead atoms. The standard InChI is InChI=1S/C20H30O3/c1-14(2)17-11-10-15(3)12-18(17)23-19(21)20(4,22)13-16-8-6-5-7-9-16/h5-9,14-15,17-18,22H,10-13H2,1-4H3/t15-,17+,18-,20+/m1/s1. The molecule has 0 saturated heterocycles. The highest BCUT2D eigenvalue weighted by Gasteiger charge is 2.38. The first-order chi connectivity index (χ1) is 10.8. The molecule has 1 aliphatic carbocycles. The fourth-order valence-electron chi connectivity index (χ4n) is 3.58. The summed E-state index contributed by atoms with van der Waals surface area (Å²) in [4.78, 5) is 12.5. The van der Waals surface area contributed by atoms with Gasteiger partial charge in [-0.1, -0.05) is 57.5 Å². The number of aliphatic hydroxyl groups is 1. The van der Waals surface area contributed by atoms with Crippen LogP contribution in [0.5, 0.6) is 0 Å². The van der Waals surface area contributed by atoms with Crippen molar-refractivity contribution in [2.24, 2.45) is 17.8 Å². The van der Waals surface area contributed by atoms with Crippen molar-refractivity contribution in [1.82, 2.24) is 0 Å². The number of benzene rings is 1. The van der Waals surface area contributed by atoms with E-state index >= 15 is 0 Å². The molecular weight excluding hydrogens is 288 g/mol. The predicted octanol–water partition coefficient (Wildman–Crippen LogP) is 3.98. The molecule has 2 rings (SSSR count). The molecule has 3 heteroatoms. The zero-order valence-electron chi connectivity index (χ0n) is 14.8. The molecule has 0 aromatic heterocycles. The molecule has 0 aliphatic heterocycles. The van der Waals surface area contributed by atoms with E-state index in [0.29, 0.717) is 17.8 Å². The van der Waals surface area contributed by atoms with Gasteiger partial charge in [-0.2, -0.15) is 0 Å². The summed E-state index contributed by atoms with van der Waals surface area (Å²) in [6.45, 7) is 8.13. The molecule has 0 unspecified atom stereocenters. The highest BCUT2D eigenvalue weighted by Crippen LogP contribution is 2.36. The number of hydrogen-bond donors (Lipinski definition) is 1. The van der Waals surface area contributed by atoms with E-state index in [-0.39, 0.29) is 12.5 Å². The molecule has 3 nitrogen and oxygen atoms in total. The lowest BCUT2D eigenvalue weighted by atomic mass is 9.75. The highest BCUT2D eigenvalue weighted by atomic mass is 16.6. The molecule has 1 aromatic carbocycles. The van der Waals surface area contributed by atoms with Crippen LogP contribution in [-0.2, 0) is 16.0 Å². The van der Waals surface area contributed by atoms with Crippen molar-refractivity contribution in [3.05, 3.63) is 35.9 Å². The van der Waals surface area contributed by atoms with E-state index in [2.05, 4.69) is 20.8 Å². The Hall–Kier alpha value is -1.35. The predicted molar refractivity (Wildman–Crippen MR) is 92.0 cm³/mol. The Morgan fingerprint density at radius 2 is 1.96 bits per heavy atom. The van der Waals surface area contributed by atoms with Crippen molar-refractivity contribution in [1.29, 1.82) is 0 Å². The van der Waals surface area contributed by atoms with Gasteiger partial charge in [-0.15, -0.1) is 0 Å². The number of carbonyl (C=O) groups excluding carboxylic acids is 1. The van der Waals surface area contributed by atoms with Crippen molar-refractivity contribution in [2.75, 3.05) is 0 Å². The molecule has 0 radical (unpaired) electrons. The second kappa shape index (κ2) is 7.48. The zero-order valence-corrected chi connectivity index (χ0v) is 14.8. The second-order valence-corrected chi connectivity index (χ2v) is 7.71. The molecule has 0 amide bonds. The number of esters is 1. The normalized spacial score (nSPS) is 27.5. The highest BCUT2D eigenvalue weighted by molar-refractivity contribution is 5.79. The van der Waals surface area contributed by atoms with Crippen molar-refractivity contribution in [2.45, 2.75) is 65.1 Å². The summed E-state index contributed by atoms with van der Waals surface area (Å²) < 4.78 is 5.78. The Morgan fingerprint density at radius 3 is 2.57 bits per heavy atom. The third-order valence-electron chi connectivity index (χ3n) is 5.05. The van der Waals surface area contributed by atoms with Crippen LogP contribution in [0.3, 0.4) is 0 Å². The Balaban J connectivity index is 2.03. The molecule has 1 aliphatic rings. The van der Waals surface area contributed by atoms with Crippen LogP contribution in [-0.4, -0.2) is 22.8 Å². The summed E-state index contributed by atoms with van der Waals surface area (Å²) >= 11 is 0. The molecule has 4 atom stereocenters. The molecule has 0 heterocycles. The van der Waals surface area contributed by atoms with Crippen molar-refractivity contribution < 1.29 is 14.6 Å². The fourth-order valence-corrected chi connectivity index (χ4v) is 3.58. The number of rotatable bonds is 5. The first-order valence-electron chi connectivity index (χ1n) is 8.77. The number of hydrogen-bond acceptors (Lipinski definition) is 3. The first kappa shape index (κ1) is 18.0. The Morgan fingerprint density at radius 1 is 1.30 bits per heavy atom. The maximum absolute atomic E-state index is 12.5. The van der Waals surface area contributed by atoms with Crippen LogP contribution in [0.2, 0.25) is 0 Å². The van der Waals surface area contributed by atoms with Crippen LogP contribution in [0.15, 0.2) is 30.3 Å². The minimum atomic E-state index is -1.48. The van der Waals surface area contributed by atoms with Gasteiger partial charge in [0.05, 0.1) is 0 Å². The molecule has 0 spiro atoms. The average Bonchev–Trinajstić information content (AvgIpc) is 2.47. The minimum Gasteiger partial charge on any atom is -0.460 e. The van der Waals surface area contributed by atoms with E-state index in [1.807, 2.05) is 30.3 Å². The quantitative estimate of drug-likeness (QED) is 0.835. The Kier molecular flexibility index (Phi) is 5.85. The van der Waals surface area contributed by atoms with Crippen LogP contribution >= 0.6 is 0 Å². The topological polar surface area (TPSA) is 46.5 Å². The minimum absolute atomic E-state index is 0.0755. The van der Waals surface area contributed by atoms with Crippen molar-refractivity contribution in [3.63, 3.8) is 0 Å². The van der Waals surface area contributed by atoms with Crippen LogP contribution in [0.4, 0.5) is 0 Å². The Labute approximate surface area is 140 Å². The van der Waals surface area contributed by atoms with Gasteiger partial charge in [0.1, 0.15) is 6.10 Å². The molecule has 1 saturated carbocycles. The van der Waals surface area contributed by atoms with Crippen molar-refractivity contribution in [3.8, 4) is 0 Å². The molecule has 1 N–H and O–H groups in total. The lowest BCUT2D eigenvalue weighted by Gasteiger charge is -2.38. The summed E-state index contributed by atoms with van der Waals surface area (Å²) in [6, 6.07) is 9.58. The number of ether oxygens (including phenoxy) is 1. The van der Waals surface area contributed by atoms with E-state index in [9.17, 15) is 9.90 Å². The SMILES string of the molecule is CC(C)[C@@H]1CC[C@@H](C)C[C@H]1OC(=O)[C@@](C)(O)Cc1ccccc1. The molecular formula is C20H30O3. The van der Waals surface area contributed by atoms with Gasteiger partial charge in [0.2, 0.25) is 0 Å². The van der Waals surface area contributed by atoms with E-state index in [1.54, 1.807) is 6.92 Å². The van der Waals surface area contributed by atoms with Gasteiger partial charge in [-0.05, 0) is 43.1 Å². The monoisotopic (exact) mass is 318 g/mol. The summed E-state index contributed by atoms with van der Waals surface area (Å²) in [6.07, 6.45) is 3.39. The van der Waals surface area contributed by atoms with Crippen LogP contribution in [0, 0.1) is 17.8 Å². The van der Waals surface area contributed by atoms with Crippen LogP contribution < -0.4 is 0 Å². The smallest absolute Gasteiger partial charge is 0.338 e. The second-order valence-electron chi connectivity index (χ2n) is 7.71. The molecule has 23 heavy (non-hydrogen) atoms. The van der Waals surface area contributed by atoms with Gasteiger partial charge in [0, 0.05) is 6.42 Å². The maximum Gasteiger partial charge on any atom is 0.338 e. The van der Waals surface area contributed by atoms with Gasteiger partial charge in [-0.25, -0.2) is 4.79 Å². The zero-order chi connectivity index (χ0) is 17.0.